The number of nitrogens with one attached hydrogen (secondary N) is 1. The number of nitrogens with zero attached hydrogens (tertiary/aromatic N) is 3. The Hall–Kier alpha value is -0.530. The maximum Gasteiger partial charge on any atom is 0.219 e. The van der Waals surface area contributed by atoms with Crippen LogP contribution in [0.1, 0.15) is 27.7 Å². The van der Waals surface area contributed by atoms with Gasteiger partial charge in [-0.1, -0.05) is 13.8 Å². The third kappa shape index (κ3) is 6.44. The summed E-state index contributed by atoms with van der Waals surface area (Å²) in [5.41, 5.74) is 0. The molecule has 19 heavy (non-hydrogen) atoms. The maximum absolute atomic E-state index is 11.3. The molecular weight excluding hydrogens is 355 g/mol. The first-order valence-corrected chi connectivity index (χ1v) is 6.83. The van der Waals surface area contributed by atoms with Gasteiger partial charge in [0, 0.05) is 46.2 Å². The Labute approximate surface area is 133 Å². The molecule has 0 saturated carbocycles. The summed E-state index contributed by atoms with van der Waals surface area (Å²) in [5.74, 6) is 1.71. The van der Waals surface area contributed by atoms with E-state index in [0.717, 1.165) is 45.2 Å². The van der Waals surface area contributed by atoms with Crippen LogP contribution in [-0.4, -0.2) is 60.9 Å². The Morgan fingerprint density at radius 2 is 1.74 bits per heavy atom. The van der Waals surface area contributed by atoms with E-state index in [9.17, 15) is 4.79 Å². The van der Waals surface area contributed by atoms with Crippen LogP contribution < -0.4 is 5.32 Å². The second-order valence-electron chi connectivity index (χ2n) is 5.08. The van der Waals surface area contributed by atoms with E-state index in [1.165, 1.54) is 0 Å². The maximum atomic E-state index is 11.3. The molecule has 0 radical (unpaired) electrons. The summed E-state index contributed by atoms with van der Waals surface area (Å²) in [7, 11) is 0. The van der Waals surface area contributed by atoms with Crippen LogP contribution in [0.15, 0.2) is 4.99 Å². The molecule has 1 saturated heterocycles. The molecule has 1 aliphatic heterocycles. The molecule has 1 amide bonds. The lowest BCUT2D eigenvalue weighted by Gasteiger charge is -2.36. The number of guanidine groups is 1. The third-order valence-corrected chi connectivity index (χ3v) is 2.97. The van der Waals surface area contributed by atoms with Crippen molar-refractivity contribution < 1.29 is 4.79 Å². The molecule has 0 atom stereocenters. The zero-order chi connectivity index (χ0) is 13.5. The van der Waals surface area contributed by atoms with Crippen LogP contribution in [-0.2, 0) is 4.79 Å². The van der Waals surface area contributed by atoms with Gasteiger partial charge in [0.25, 0.3) is 0 Å². The van der Waals surface area contributed by atoms with Crippen molar-refractivity contribution in [1.82, 2.24) is 15.1 Å². The summed E-state index contributed by atoms with van der Waals surface area (Å²) in [5, 5.41) is 3.32. The van der Waals surface area contributed by atoms with Crippen LogP contribution >= 0.6 is 24.0 Å². The van der Waals surface area contributed by atoms with Crippen molar-refractivity contribution >= 4 is 35.8 Å². The minimum absolute atomic E-state index is 0. The summed E-state index contributed by atoms with van der Waals surface area (Å²) in [6.07, 6.45) is 0. The summed E-state index contributed by atoms with van der Waals surface area (Å²) in [6.45, 7) is 13.1. The second kappa shape index (κ2) is 9.39. The minimum atomic E-state index is 0. The fourth-order valence-corrected chi connectivity index (χ4v) is 1.93. The molecule has 0 aromatic rings. The van der Waals surface area contributed by atoms with Crippen LogP contribution in [0.4, 0.5) is 0 Å². The average molecular weight is 382 g/mol. The monoisotopic (exact) mass is 382 g/mol. The van der Waals surface area contributed by atoms with Crippen LogP contribution in [0.5, 0.6) is 0 Å². The van der Waals surface area contributed by atoms with E-state index in [1.54, 1.807) is 6.92 Å². The Morgan fingerprint density at radius 1 is 1.21 bits per heavy atom. The predicted octanol–water partition coefficient (Wildman–Crippen LogP) is 1.39. The number of hydrogen-bond acceptors (Lipinski definition) is 2. The standard InChI is InChI=1S/C13H26N4O.HI/c1-5-14-13(15-10-11(2)3)17-8-6-16(7-9-17)12(4)18;/h11H,5-10H2,1-4H3,(H,14,15);1H. The minimum Gasteiger partial charge on any atom is -0.357 e. The Morgan fingerprint density at radius 3 is 2.16 bits per heavy atom. The van der Waals surface area contributed by atoms with Gasteiger partial charge in [-0.3, -0.25) is 9.79 Å². The number of carbonyl (C=O) groups excluding carboxylic acids is 1. The zero-order valence-corrected chi connectivity index (χ0v) is 14.8. The van der Waals surface area contributed by atoms with E-state index in [4.69, 9.17) is 0 Å². The van der Waals surface area contributed by atoms with Crippen molar-refractivity contribution in [2.45, 2.75) is 27.7 Å². The lowest BCUT2D eigenvalue weighted by Crippen LogP contribution is -2.53. The highest BCUT2D eigenvalue weighted by Crippen LogP contribution is 2.03. The molecule has 112 valence electrons. The van der Waals surface area contributed by atoms with Crippen molar-refractivity contribution in [2.75, 3.05) is 39.3 Å². The first-order chi connectivity index (χ1) is 8.54. The van der Waals surface area contributed by atoms with E-state index in [0.29, 0.717) is 5.92 Å². The molecule has 1 fully saturated rings. The van der Waals surface area contributed by atoms with Crippen molar-refractivity contribution in [3.63, 3.8) is 0 Å². The molecule has 0 aliphatic carbocycles. The smallest absolute Gasteiger partial charge is 0.219 e. The third-order valence-electron chi connectivity index (χ3n) is 2.97. The van der Waals surface area contributed by atoms with Crippen molar-refractivity contribution in [3.8, 4) is 0 Å². The Balaban J connectivity index is 0.00000324. The van der Waals surface area contributed by atoms with Crippen LogP contribution in [0.25, 0.3) is 0 Å². The fraction of sp³-hybridized carbons (Fsp3) is 0.846. The highest BCUT2D eigenvalue weighted by Gasteiger charge is 2.20. The summed E-state index contributed by atoms with van der Waals surface area (Å²) < 4.78 is 0. The van der Waals surface area contributed by atoms with E-state index in [2.05, 4.69) is 36.0 Å². The van der Waals surface area contributed by atoms with E-state index < -0.39 is 0 Å². The number of carbonyl (C=O) groups is 1. The lowest BCUT2D eigenvalue weighted by molar-refractivity contribution is -0.130. The van der Waals surface area contributed by atoms with Gasteiger partial charge in [-0.15, -0.1) is 24.0 Å². The van der Waals surface area contributed by atoms with Crippen LogP contribution in [0.3, 0.4) is 0 Å². The zero-order valence-electron chi connectivity index (χ0n) is 12.5. The number of rotatable bonds is 3. The first-order valence-electron chi connectivity index (χ1n) is 6.83. The van der Waals surface area contributed by atoms with E-state index in [1.807, 2.05) is 4.90 Å². The van der Waals surface area contributed by atoms with Gasteiger partial charge in [-0.25, -0.2) is 0 Å². The van der Waals surface area contributed by atoms with Gasteiger partial charge < -0.3 is 15.1 Å². The first kappa shape index (κ1) is 18.5. The van der Waals surface area contributed by atoms with Gasteiger partial charge in [-0.2, -0.15) is 0 Å². The van der Waals surface area contributed by atoms with Crippen molar-refractivity contribution in [2.24, 2.45) is 10.9 Å². The van der Waals surface area contributed by atoms with Gasteiger partial charge in [-0.05, 0) is 12.8 Å². The second-order valence-corrected chi connectivity index (χ2v) is 5.08. The number of halogens is 1. The molecule has 1 N–H and O–H groups in total. The van der Waals surface area contributed by atoms with Gasteiger partial charge >= 0.3 is 0 Å². The quantitative estimate of drug-likeness (QED) is 0.456. The molecule has 5 nitrogen and oxygen atoms in total. The number of amides is 1. The van der Waals surface area contributed by atoms with E-state index in [-0.39, 0.29) is 29.9 Å². The highest BCUT2D eigenvalue weighted by molar-refractivity contribution is 14.0. The highest BCUT2D eigenvalue weighted by atomic mass is 127. The summed E-state index contributed by atoms with van der Waals surface area (Å²) in [4.78, 5) is 20.0. The van der Waals surface area contributed by atoms with Crippen molar-refractivity contribution in [1.29, 1.82) is 0 Å². The number of aliphatic imine (C=N–C) groups is 1. The molecule has 1 heterocycles. The van der Waals surface area contributed by atoms with Gasteiger partial charge in [0.2, 0.25) is 5.91 Å². The summed E-state index contributed by atoms with van der Waals surface area (Å²) >= 11 is 0. The van der Waals surface area contributed by atoms with Crippen LogP contribution in [0.2, 0.25) is 0 Å². The normalized spacial score (nSPS) is 16.4. The molecular formula is C13H27IN4O. The van der Waals surface area contributed by atoms with Crippen LogP contribution in [0, 0.1) is 5.92 Å². The molecule has 6 heteroatoms. The van der Waals surface area contributed by atoms with Gasteiger partial charge in [0.1, 0.15) is 0 Å². The number of piperazine rings is 1. The molecule has 0 bridgehead atoms. The van der Waals surface area contributed by atoms with Crippen molar-refractivity contribution in [3.05, 3.63) is 0 Å². The SMILES string of the molecule is CCNC(=NCC(C)C)N1CCN(C(C)=O)CC1.I. The predicted molar refractivity (Wildman–Crippen MR) is 90.1 cm³/mol. The number of hydrogen-bond donors (Lipinski definition) is 1. The van der Waals surface area contributed by atoms with Gasteiger partial charge in [0.05, 0.1) is 0 Å². The molecule has 1 rings (SSSR count). The topological polar surface area (TPSA) is 47.9 Å². The summed E-state index contributed by atoms with van der Waals surface area (Å²) in [6, 6.07) is 0. The Kier molecular flexibility index (Phi) is 9.12. The largest absolute Gasteiger partial charge is 0.357 e. The fourth-order valence-electron chi connectivity index (χ4n) is 1.93. The average Bonchev–Trinajstić information content (AvgIpc) is 2.34. The molecule has 0 unspecified atom stereocenters. The van der Waals surface area contributed by atoms with Gasteiger partial charge in [0.15, 0.2) is 5.96 Å². The molecule has 0 aromatic carbocycles. The molecule has 0 aromatic heterocycles. The van der Waals surface area contributed by atoms with E-state index >= 15 is 0 Å². The Bertz CT molecular complexity index is 299. The molecule has 0 spiro atoms. The lowest BCUT2D eigenvalue weighted by atomic mass is 10.2. The molecule has 1 aliphatic rings.